The van der Waals surface area contributed by atoms with Gasteiger partial charge in [-0.15, -0.1) is 0 Å². The summed E-state index contributed by atoms with van der Waals surface area (Å²) < 4.78 is 0. The molecule has 21 heavy (non-hydrogen) atoms. The zero-order valence-corrected chi connectivity index (χ0v) is 12.3. The third kappa shape index (κ3) is 4.71. The number of hydrogen-bond acceptors (Lipinski definition) is 5. The van der Waals surface area contributed by atoms with Crippen molar-refractivity contribution in [2.75, 3.05) is 31.5 Å². The van der Waals surface area contributed by atoms with E-state index in [0.29, 0.717) is 6.54 Å². The lowest BCUT2D eigenvalue weighted by Crippen LogP contribution is -2.25. The van der Waals surface area contributed by atoms with Crippen LogP contribution in [-0.2, 0) is 0 Å². The zero-order chi connectivity index (χ0) is 15.8. The molecule has 0 aliphatic carbocycles. The van der Waals surface area contributed by atoms with Gasteiger partial charge in [0.2, 0.25) is 0 Å². The monoisotopic (exact) mass is 295 g/mol. The van der Waals surface area contributed by atoms with Gasteiger partial charge in [-0.2, -0.15) is 0 Å². The van der Waals surface area contributed by atoms with E-state index in [2.05, 4.69) is 24.1 Å². The minimum absolute atomic E-state index is 0.249. The van der Waals surface area contributed by atoms with Crippen molar-refractivity contribution in [1.82, 2.24) is 4.90 Å². The maximum Gasteiger partial charge on any atom is 0.342 e. The van der Waals surface area contributed by atoms with E-state index in [9.17, 15) is 14.9 Å². The van der Waals surface area contributed by atoms with Crippen molar-refractivity contribution < 1.29 is 14.8 Å². The summed E-state index contributed by atoms with van der Waals surface area (Å²) in [6.07, 6.45) is 0.829. The highest BCUT2D eigenvalue weighted by Gasteiger charge is 2.23. The molecule has 0 heterocycles. The Bertz CT molecular complexity index is 501. The number of anilines is 1. The van der Waals surface area contributed by atoms with Gasteiger partial charge in [-0.25, -0.2) is 4.79 Å². The van der Waals surface area contributed by atoms with E-state index in [1.165, 1.54) is 18.2 Å². The molecule has 7 heteroatoms. The summed E-state index contributed by atoms with van der Waals surface area (Å²) >= 11 is 0. The summed E-state index contributed by atoms with van der Waals surface area (Å²) in [5.41, 5.74) is -0.430. The highest BCUT2D eigenvalue weighted by molar-refractivity contribution is 5.95. The van der Waals surface area contributed by atoms with Crippen molar-refractivity contribution in [2.45, 2.75) is 20.3 Å². The fraction of sp³-hybridized carbons (Fsp3) is 0.500. The second-order valence-corrected chi connectivity index (χ2v) is 4.57. The van der Waals surface area contributed by atoms with Crippen molar-refractivity contribution in [3.8, 4) is 0 Å². The van der Waals surface area contributed by atoms with Gasteiger partial charge >= 0.3 is 11.7 Å². The summed E-state index contributed by atoms with van der Waals surface area (Å²) in [7, 11) is 0. The van der Waals surface area contributed by atoms with Crippen LogP contribution < -0.4 is 5.32 Å². The summed E-state index contributed by atoms with van der Waals surface area (Å²) in [5.74, 6) is -1.30. The number of carboxylic acid groups (broad SMARTS) is 1. The molecule has 0 amide bonds. The fourth-order valence-corrected chi connectivity index (χ4v) is 2.12. The first-order valence-electron chi connectivity index (χ1n) is 6.98. The molecule has 116 valence electrons. The lowest BCUT2D eigenvalue weighted by Gasteiger charge is -2.18. The Kier molecular flexibility index (Phi) is 6.61. The number of hydrogen-bond donors (Lipinski definition) is 2. The third-order valence-corrected chi connectivity index (χ3v) is 3.31. The van der Waals surface area contributed by atoms with Gasteiger partial charge in [-0.05, 0) is 38.2 Å². The van der Waals surface area contributed by atoms with Crippen LogP contribution in [0, 0.1) is 10.1 Å². The highest BCUT2D eigenvalue weighted by Crippen LogP contribution is 2.28. The molecular formula is C14H21N3O4. The lowest BCUT2D eigenvalue weighted by atomic mass is 10.1. The van der Waals surface area contributed by atoms with Crippen molar-refractivity contribution >= 4 is 17.3 Å². The van der Waals surface area contributed by atoms with Crippen LogP contribution in [-0.4, -0.2) is 47.1 Å². The lowest BCUT2D eigenvalue weighted by molar-refractivity contribution is -0.384. The second-order valence-electron chi connectivity index (χ2n) is 4.57. The standard InChI is InChI=1S/C14H21N3O4/c1-3-16(4-2)10-6-9-15-12-8-5-7-11(14(18)19)13(12)17(20)21/h5,7-8,15H,3-4,6,9-10H2,1-2H3,(H,18,19). The molecule has 0 bridgehead atoms. The van der Waals surface area contributed by atoms with Crippen LogP contribution in [0.3, 0.4) is 0 Å². The van der Waals surface area contributed by atoms with Crippen LogP contribution in [0.4, 0.5) is 11.4 Å². The molecule has 1 rings (SSSR count). The van der Waals surface area contributed by atoms with E-state index < -0.39 is 10.9 Å². The zero-order valence-electron chi connectivity index (χ0n) is 12.3. The van der Waals surface area contributed by atoms with Crippen molar-refractivity contribution in [3.05, 3.63) is 33.9 Å². The fourth-order valence-electron chi connectivity index (χ4n) is 2.12. The molecule has 2 N–H and O–H groups in total. The van der Waals surface area contributed by atoms with E-state index in [-0.39, 0.29) is 16.9 Å². The summed E-state index contributed by atoms with van der Waals surface area (Å²) in [6, 6.07) is 4.27. The number of para-hydroxylation sites is 1. The van der Waals surface area contributed by atoms with E-state index in [0.717, 1.165) is 26.1 Å². The normalized spacial score (nSPS) is 10.6. The molecule has 0 aliphatic heterocycles. The molecular weight excluding hydrogens is 274 g/mol. The Hall–Kier alpha value is -2.15. The van der Waals surface area contributed by atoms with Crippen LogP contribution >= 0.6 is 0 Å². The Balaban J connectivity index is 2.73. The molecule has 0 saturated heterocycles. The van der Waals surface area contributed by atoms with Gasteiger partial charge in [-0.1, -0.05) is 19.9 Å². The van der Waals surface area contributed by atoms with Gasteiger partial charge in [0.1, 0.15) is 11.3 Å². The van der Waals surface area contributed by atoms with Crippen molar-refractivity contribution in [3.63, 3.8) is 0 Å². The van der Waals surface area contributed by atoms with Gasteiger partial charge in [0.05, 0.1) is 4.92 Å². The predicted molar refractivity (Wildman–Crippen MR) is 81.0 cm³/mol. The molecule has 1 aromatic carbocycles. The van der Waals surface area contributed by atoms with Crippen LogP contribution in [0.5, 0.6) is 0 Å². The molecule has 7 nitrogen and oxygen atoms in total. The maximum atomic E-state index is 11.1. The minimum atomic E-state index is -1.30. The first-order chi connectivity index (χ1) is 10.0. The number of nitro groups is 1. The molecule has 0 spiro atoms. The number of carbonyl (C=O) groups is 1. The molecule has 0 aromatic heterocycles. The molecule has 0 saturated carbocycles. The first kappa shape index (κ1) is 16.9. The maximum absolute atomic E-state index is 11.1. The number of nitrogens with zero attached hydrogens (tertiary/aromatic N) is 2. The van der Waals surface area contributed by atoms with Crippen molar-refractivity contribution in [2.24, 2.45) is 0 Å². The molecule has 0 unspecified atom stereocenters. The van der Waals surface area contributed by atoms with Crippen LogP contribution in [0.25, 0.3) is 0 Å². The third-order valence-electron chi connectivity index (χ3n) is 3.31. The molecule has 0 atom stereocenters. The van der Waals surface area contributed by atoms with Crippen LogP contribution in [0.2, 0.25) is 0 Å². The van der Waals surface area contributed by atoms with Crippen LogP contribution in [0.1, 0.15) is 30.6 Å². The Labute approximate surface area is 123 Å². The van der Waals surface area contributed by atoms with Gasteiger partial charge in [0.15, 0.2) is 0 Å². The smallest absolute Gasteiger partial charge is 0.342 e. The van der Waals surface area contributed by atoms with E-state index in [4.69, 9.17) is 5.11 Å². The average molecular weight is 295 g/mol. The van der Waals surface area contributed by atoms with E-state index in [1.807, 2.05) is 0 Å². The Morgan fingerprint density at radius 1 is 1.38 bits per heavy atom. The van der Waals surface area contributed by atoms with E-state index in [1.54, 1.807) is 0 Å². The SMILES string of the molecule is CCN(CC)CCCNc1cccc(C(=O)O)c1[N+](=O)[O-]. The molecule has 0 fully saturated rings. The number of nitro benzene ring substituents is 1. The topological polar surface area (TPSA) is 95.7 Å². The van der Waals surface area contributed by atoms with Crippen LogP contribution in [0.15, 0.2) is 18.2 Å². The van der Waals surface area contributed by atoms with Gasteiger partial charge < -0.3 is 15.3 Å². The molecule has 0 aliphatic rings. The van der Waals surface area contributed by atoms with Gasteiger partial charge in [0.25, 0.3) is 0 Å². The minimum Gasteiger partial charge on any atom is -0.477 e. The summed E-state index contributed by atoms with van der Waals surface area (Å²) in [5, 5.41) is 23.0. The average Bonchev–Trinajstić information content (AvgIpc) is 2.46. The van der Waals surface area contributed by atoms with Gasteiger partial charge in [-0.3, -0.25) is 10.1 Å². The van der Waals surface area contributed by atoms with Gasteiger partial charge in [0, 0.05) is 6.54 Å². The Morgan fingerprint density at radius 2 is 2.05 bits per heavy atom. The Morgan fingerprint density at radius 3 is 2.57 bits per heavy atom. The van der Waals surface area contributed by atoms with E-state index >= 15 is 0 Å². The number of carboxylic acids is 1. The molecule has 1 aromatic rings. The molecule has 0 radical (unpaired) electrons. The number of benzene rings is 1. The predicted octanol–water partition coefficient (Wildman–Crippen LogP) is 2.44. The summed E-state index contributed by atoms with van der Waals surface area (Å²) in [6.45, 7) is 7.54. The second kappa shape index (κ2) is 8.21. The first-order valence-corrected chi connectivity index (χ1v) is 6.98. The largest absolute Gasteiger partial charge is 0.477 e. The summed E-state index contributed by atoms with van der Waals surface area (Å²) in [4.78, 5) is 23.7. The number of nitrogens with one attached hydrogen (secondary N) is 1. The number of aromatic carboxylic acids is 1. The quantitative estimate of drug-likeness (QED) is 0.412. The number of rotatable bonds is 9. The van der Waals surface area contributed by atoms with Crippen molar-refractivity contribution in [1.29, 1.82) is 0 Å². The highest BCUT2D eigenvalue weighted by atomic mass is 16.6.